The lowest BCUT2D eigenvalue weighted by Crippen LogP contribution is -2.54. The first-order valence-corrected chi connectivity index (χ1v) is 8.90. The summed E-state index contributed by atoms with van der Waals surface area (Å²) in [5.74, 6) is -0.00697. The fourth-order valence-electron chi connectivity index (χ4n) is 3.52. The zero-order valence-electron chi connectivity index (χ0n) is 13.9. The third-order valence-corrected chi connectivity index (χ3v) is 5.19. The first-order chi connectivity index (χ1) is 11.5. The Bertz CT molecular complexity index is 624. The van der Waals surface area contributed by atoms with E-state index < -0.39 is 6.10 Å². The summed E-state index contributed by atoms with van der Waals surface area (Å²) < 4.78 is 11.0. The van der Waals surface area contributed by atoms with Gasteiger partial charge in [-0.15, -0.1) is 0 Å². The summed E-state index contributed by atoms with van der Waals surface area (Å²) in [7, 11) is 1.63. The van der Waals surface area contributed by atoms with Gasteiger partial charge in [0, 0.05) is 36.8 Å². The van der Waals surface area contributed by atoms with Gasteiger partial charge in [-0.3, -0.25) is 4.79 Å². The summed E-state index contributed by atoms with van der Waals surface area (Å²) >= 11 is 12.5. The standard InChI is InChI=1S/C17H22Cl2N2O3/c1-10-16-11(5-12(18)6-14(16)19)3-4-21(10)17(22)15-8-20-7-13(24-15)9-23-2/h5-6,10,13,15,20H,3-4,7-9H2,1-2H3/t10-,13-,15+/m0/s1. The highest BCUT2D eigenvalue weighted by atomic mass is 35.5. The van der Waals surface area contributed by atoms with E-state index in [1.165, 1.54) is 0 Å². The lowest BCUT2D eigenvalue weighted by molar-refractivity contribution is -0.155. The lowest BCUT2D eigenvalue weighted by Gasteiger charge is -2.39. The summed E-state index contributed by atoms with van der Waals surface area (Å²) in [5.41, 5.74) is 2.10. The van der Waals surface area contributed by atoms with Crippen molar-refractivity contribution in [3.63, 3.8) is 0 Å². The molecule has 1 aromatic rings. The normalized spacial score (nSPS) is 27.0. The van der Waals surface area contributed by atoms with E-state index in [1.807, 2.05) is 17.9 Å². The van der Waals surface area contributed by atoms with E-state index >= 15 is 0 Å². The van der Waals surface area contributed by atoms with E-state index in [0.717, 1.165) is 17.5 Å². The molecule has 132 valence electrons. The molecule has 0 spiro atoms. The molecule has 7 heteroatoms. The zero-order chi connectivity index (χ0) is 17.3. The van der Waals surface area contributed by atoms with E-state index in [4.69, 9.17) is 32.7 Å². The Hall–Kier alpha value is -0.850. The Kier molecular flexibility index (Phi) is 5.67. The van der Waals surface area contributed by atoms with Crippen LogP contribution in [0.15, 0.2) is 12.1 Å². The quantitative estimate of drug-likeness (QED) is 0.885. The number of benzene rings is 1. The number of nitrogens with one attached hydrogen (secondary N) is 1. The first kappa shape index (κ1) is 18.0. The highest BCUT2D eigenvalue weighted by Crippen LogP contribution is 2.37. The first-order valence-electron chi connectivity index (χ1n) is 8.14. The summed E-state index contributed by atoms with van der Waals surface area (Å²) in [6.07, 6.45) is 0.148. The van der Waals surface area contributed by atoms with Crippen LogP contribution in [0.4, 0.5) is 0 Å². The molecule has 1 fully saturated rings. The number of hydrogen-bond donors (Lipinski definition) is 1. The van der Waals surface area contributed by atoms with Crippen LogP contribution in [-0.4, -0.2) is 56.4 Å². The van der Waals surface area contributed by atoms with Gasteiger partial charge in [-0.05, 0) is 36.6 Å². The highest BCUT2D eigenvalue weighted by molar-refractivity contribution is 6.35. The van der Waals surface area contributed by atoms with Crippen molar-refractivity contribution in [2.75, 3.05) is 33.4 Å². The molecule has 24 heavy (non-hydrogen) atoms. The monoisotopic (exact) mass is 372 g/mol. The third-order valence-electron chi connectivity index (χ3n) is 4.66. The molecular weight excluding hydrogens is 351 g/mol. The summed E-state index contributed by atoms with van der Waals surface area (Å²) in [4.78, 5) is 14.8. The van der Waals surface area contributed by atoms with Gasteiger partial charge in [-0.2, -0.15) is 0 Å². The highest BCUT2D eigenvalue weighted by Gasteiger charge is 2.36. The van der Waals surface area contributed by atoms with Crippen LogP contribution < -0.4 is 5.32 Å². The van der Waals surface area contributed by atoms with E-state index in [9.17, 15) is 4.79 Å². The van der Waals surface area contributed by atoms with Crippen molar-refractivity contribution >= 4 is 29.1 Å². The second-order valence-electron chi connectivity index (χ2n) is 6.28. The molecule has 2 aliphatic rings. The van der Waals surface area contributed by atoms with Crippen LogP contribution in [0.2, 0.25) is 10.0 Å². The number of carbonyl (C=O) groups excluding carboxylic acids is 1. The van der Waals surface area contributed by atoms with Crippen molar-refractivity contribution in [3.8, 4) is 0 Å². The molecule has 0 bridgehead atoms. The molecular formula is C17H22Cl2N2O3. The lowest BCUT2D eigenvalue weighted by atomic mass is 9.93. The van der Waals surface area contributed by atoms with Crippen LogP contribution in [0.5, 0.6) is 0 Å². The number of morpholine rings is 1. The minimum absolute atomic E-state index is 0.00697. The Balaban J connectivity index is 1.76. The number of amides is 1. The molecule has 5 nitrogen and oxygen atoms in total. The molecule has 0 aliphatic carbocycles. The van der Waals surface area contributed by atoms with Crippen LogP contribution in [0, 0.1) is 0 Å². The zero-order valence-corrected chi connectivity index (χ0v) is 15.4. The Morgan fingerprint density at radius 2 is 2.21 bits per heavy atom. The van der Waals surface area contributed by atoms with E-state index in [0.29, 0.717) is 36.3 Å². The largest absolute Gasteiger partial charge is 0.382 e. The van der Waals surface area contributed by atoms with Crippen molar-refractivity contribution in [1.29, 1.82) is 0 Å². The maximum atomic E-state index is 13.0. The van der Waals surface area contributed by atoms with Crippen LogP contribution in [0.1, 0.15) is 24.1 Å². The van der Waals surface area contributed by atoms with Gasteiger partial charge in [-0.25, -0.2) is 0 Å². The average Bonchev–Trinajstić information content (AvgIpc) is 2.54. The molecule has 0 saturated carbocycles. The molecule has 1 aromatic carbocycles. The third kappa shape index (κ3) is 3.55. The molecule has 1 saturated heterocycles. The van der Waals surface area contributed by atoms with E-state index in [1.54, 1.807) is 13.2 Å². The second kappa shape index (κ2) is 7.58. The van der Waals surface area contributed by atoms with Crippen molar-refractivity contribution in [2.24, 2.45) is 0 Å². The topological polar surface area (TPSA) is 50.8 Å². The molecule has 1 amide bonds. The van der Waals surface area contributed by atoms with Crippen molar-refractivity contribution in [2.45, 2.75) is 31.6 Å². The van der Waals surface area contributed by atoms with Gasteiger partial charge in [0.1, 0.15) is 6.10 Å². The van der Waals surface area contributed by atoms with Gasteiger partial charge in [0.25, 0.3) is 5.91 Å². The molecule has 3 rings (SSSR count). The number of methoxy groups -OCH3 is 1. The minimum atomic E-state index is -0.492. The average molecular weight is 373 g/mol. The van der Waals surface area contributed by atoms with Crippen LogP contribution in [0.3, 0.4) is 0 Å². The van der Waals surface area contributed by atoms with Crippen LogP contribution in [-0.2, 0) is 20.7 Å². The molecule has 2 heterocycles. The number of rotatable bonds is 3. The smallest absolute Gasteiger partial charge is 0.253 e. The maximum absolute atomic E-state index is 13.0. The van der Waals surface area contributed by atoms with Crippen LogP contribution >= 0.6 is 23.2 Å². The van der Waals surface area contributed by atoms with Gasteiger partial charge in [0.2, 0.25) is 0 Å². The molecule has 3 atom stereocenters. The fraction of sp³-hybridized carbons (Fsp3) is 0.588. The van der Waals surface area contributed by atoms with Crippen molar-refractivity contribution < 1.29 is 14.3 Å². The fourth-order valence-corrected chi connectivity index (χ4v) is 4.22. The number of carbonyl (C=O) groups is 1. The van der Waals surface area contributed by atoms with Gasteiger partial charge in [0.15, 0.2) is 0 Å². The van der Waals surface area contributed by atoms with Crippen molar-refractivity contribution in [1.82, 2.24) is 10.2 Å². The van der Waals surface area contributed by atoms with Crippen molar-refractivity contribution in [3.05, 3.63) is 33.3 Å². The maximum Gasteiger partial charge on any atom is 0.253 e. The minimum Gasteiger partial charge on any atom is -0.382 e. The van der Waals surface area contributed by atoms with E-state index in [-0.39, 0.29) is 18.1 Å². The molecule has 1 N–H and O–H groups in total. The predicted octanol–water partition coefficient (Wildman–Crippen LogP) is 2.44. The SMILES string of the molecule is COC[C@@H]1CNC[C@H](C(=O)N2CCc3cc(Cl)cc(Cl)c3[C@@H]2C)O1. The number of fused-ring (bicyclic) bond motifs is 1. The predicted molar refractivity (Wildman–Crippen MR) is 93.7 cm³/mol. The number of nitrogens with zero attached hydrogens (tertiary/aromatic N) is 1. The number of ether oxygens (including phenoxy) is 2. The van der Waals surface area contributed by atoms with Crippen LogP contribution in [0.25, 0.3) is 0 Å². The summed E-state index contributed by atoms with van der Waals surface area (Å²) in [5, 5.41) is 4.49. The number of halogens is 2. The summed E-state index contributed by atoms with van der Waals surface area (Å²) in [6.45, 7) is 4.32. The molecule has 0 aromatic heterocycles. The Morgan fingerprint density at radius 3 is 2.96 bits per heavy atom. The molecule has 2 aliphatic heterocycles. The Labute approximate surface area is 152 Å². The Morgan fingerprint density at radius 1 is 1.42 bits per heavy atom. The molecule has 0 radical (unpaired) electrons. The van der Waals surface area contributed by atoms with Gasteiger partial charge < -0.3 is 19.7 Å². The van der Waals surface area contributed by atoms with Gasteiger partial charge in [-0.1, -0.05) is 23.2 Å². The number of hydrogen-bond acceptors (Lipinski definition) is 4. The van der Waals surface area contributed by atoms with Gasteiger partial charge >= 0.3 is 0 Å². The summed E-state index contributed by atoms with van der Waals surface area (Å²) in [6, 6.07) is 3.58. The van der Waals surface area contributed by atoms with Gasteiger partial charge in [0.05, 0.1) is 18.8 Å². The second-order valence-corrected chi connectivity index (χ2v) is 7.12. The molecule has 0 unspecified atom stereocenters. The van der Waals surface area contributed by atoms with E-state index in [2.05, 4.69) is 5.32 Å².